The fourth-order valence-corrected chi connectivity index (χ4v) is 1.35. The van der Waals surface area contributed by atoms with Crippen molar-refractivity contribution in [3.05, 3.63) is 28.3 Å². The van der Waals surface area contributed by atoms with E-state index in [-0.39, 0.29) is 29.6 Å². The molecule has 0 atom stereocenters. The van der Waals surface area contributed by atoms with Crippen LogP contribution in [0.5, 0.6) is 0 Å². The van der Waals surface area contributed by atoms with Crippen LogP contribution in [0.25, 0.3) is 0 Å². The third-order valence-electron chi connectivity index (χ3n) is 2.03. The number of amides is 2. The van der Waals surface area contributed by atoms with Crippen molar-refractivity contribution in [3.63, 3.8) is 0 Å². The normalized spacial score (nSPS) is 9.58. The highest BCUT2D eigenvalue weighted by Gasteiger charge is 2.17. The maximum atomic E-state index is 11.2. The second-order valence-electron chi connectivity index (χ2n) is 3.52. The molecule has 0 saturated heterocycles. The number of anilines is 2. The number of nitrogens with one attached hydrogen (secondary N) is 2. The molecule has 0 aliphatic carbocycles. The van der Waals surface area contributed by atoms with E-state index in [4.69, 9.17) is 0 Å². The van der Waals surface area contributed by atoms with E-state index in [9.17, 15) is 19.7 Å². The maximum Gasteiger partial charge on any atom is 0.411 e. The standard InChI is InChI=1S/C11H13N3O5/c1-3-19-11(16)13-9-5-4-8(12-7(2)15)6-10(9)14(17)18/h4-6H,3H2,1-2H3,(H,12,15)(H,13,16). The van der Waals surface area contributed by atoms with Crippen LogP contribution in [-0.4, -0.2) is 23.5 Å². The van der Waals surface area contributed by atoms with Gasteiger partial charge in [0.25, 0.3) is 5.69 Å². The average molecular weight is 267 g/mol. The molecule has 2 amide bonds. The summed E-state index contributed by atoms with van der Waals surface area (Å²) in [5.41, 5.74) is -0.0644. The Hall–Kier alpha value is -2.64. The van der Waals surface area contributed by atoms with Gasteiger partial charge in [-0.1, -0.05) is 0 Å². The fourth-order valence-electron chi connectivity index (χ4n) is 1.35. The van der Waals surface area contributed by atoms with E-state index in [0.717, 1.165) is 6.07 Å². The summed E-state index contributed by atoms with van der Waals surface area (Å²) in [5.74, 6) is -0.347. The van der Waals surface area contributed by atoms with Gasteiger partial charge in [0.2, 0.25) is 5.91 Å². The van der Waals surface area contributed by atoms with E-state index >= 15 is 0 Å². The van der Waals surface area contributed by atoms with Crippen LogP contribution in [0.15, 0.2) is 18.2 Å². The number of nitrogens with zero attached hydrogens (tertiary/aromatic N) is 1. The Morgan fingerprint density at radius 1 is 1.37 bits per heavy atom. The molecular formula is C11H13N3O5. The first-order chi connectivity index (χ1) is 8.93. The Kier molecular flexibility index (Phi) is 4.81. The zero-order valence-electron chi connectivity index (χ0n) is 10.4. The summed E-state index contributed by atoms with van der Waals surface area (Å²) in [6.07, 6.45) is -0.780. The van der Waals surface area contributed by atoms with Crippen LogP contribution < -0.4 is 10.6 Å². The zero-order valence-corrected chi connectivity index (χ0v) is 10.4. The first-order valence-electron chi connectivity index (χ1n) is 5.43. The number of rotatable bonds is 4. The van der Waals surface area contributed by atoms with Crippen LogP contribution in [0.4, 0.5) is 21.9 Å². The molecule has 0 heterocycles. The largest absolute Gasteiger partial charge is 0.450 e. The highest BCUT2D eigenvalue weighted by atomic mass is 16.6. The monoisotopic (exact) mass is 267 g/mol. The molecule has 1 aromatic rings. The Morgan fingerprint density at radius 2 is 2.05 bits per heavy atom. The van der Waals surface area contributed by atoms with Crippen LogP contribution in [-0.2, 0) is 9.53 Å². The quantitative estimate of drug-likeness (QED) is 0.641. The Bertz CT molecular complexity index is 515. The van der Waals surface area contributed by atoms with Gasteiger partial charge in [0.15, 0.2) is 0 Å². The van der Waals surface area contributed by atoms with E-state index in [1.807, 2.05) is 0 Å². The number of carbonyl (C=O) groups is 2. The van der Waals surface area contributed by atoms with Crippen LogP contribution in [0.3, 0.4) is 0 Å². The van der Waals surface area contributed by atoms with Gasteiger partial charge in [-0.15, -0.1) is 0 Å². The molecule has 0 unspecified atom stereocenters. The second-order valence-corrected chi connectivity index (χ2v) is 3.52. The lowest BCUT2D eigenvalue weighted by Crippen LogP contribution is -2.14. The van der Waals surface area contributed by atoms with Gasteiger partial charge in [0.05, 0.1) is 11.5 Å². The van der Waals surface area contributed by atoms with Crippen LogP contribution in [0.1, 0.15) is 13.8 Å². The molecule has 8 nitrogen and oxygen atoms in total. The van der Waals surface area contributed by atoms with E-state index in [0.29, 0.717) is 0 Å². The number of nitro groups is 1. The number of hydrogen-bond donors (Lipinski definition) is 2. The van der Waals surface area contributed by atoms with Gasteiger partial charge in [-0.3, -0.25) is 20.2 Å². The average Bonchev–Trinajstić information content (AvgIpc) is 2.30. The summed E-state index contributed by atoms with van der Waals surface area (Å²) in [7, 11) is 0. The summed E-state index contributed by atoms with van der Waals surface area (Å²) in [6.45, 7) is 3.06. The van der Waals surface area contributed by atoms with E-state index in [1.54, 1.807) is 6.92 Å². The van der Waals surface area contributed by atoms with E-state index in [2.05, 4.69) is 15.4 Å². The van der Waals surface area contributed by atoms with Crippen LogP contribution >= 0.6 is 0 Å². The summed E-state index contributed by atoms with van der Waals surface area (Å²) in [4.78, 5) is 32.3. The van der Waals surface area contributed by atoms with Crippen molar-refractivity contribution in [3.8, 4) is 0 Å². The Morgan fingerprint density at radius 3 is 2.58 bits per heavy atom. The summed E-state index contributed by atoms with van der Waals surface area (Å²) < 4.78 is 4.63. The highest BCUT2D eigenvalue weighted by Crippen LogP contribution is 2.28. The molecule has 1 aromatic carbocycles. The Labute approximate surface area is 108 Å². The predicted octanol–water partition coefficient (Wildman–Crippen LogP) is 2.12. The lowest BCUT2D eigenvalue weighted by Gasteiger charge is -2.08. The predicted molar refractivity (Wildman–Crippen MR) is 68.0 cm³/mol. The zero-order chi connectivity index (χ0) is 14.4. The van der Waals surface area contributed by atoms with Crippen molar-refractivity contribution in [1.29, 1.82) is 0 Å². The van der Waals surface area contributed by atoms with Crippen molar-refractivity contribution < 1.29 is 19.2 Å². The van der Waals surface area contributed by atoms with Crippen molar-refractivity contribution in [2.75, 3.05) is 17.2 Å². The minimum absolute atomic E-state index is 0.00227. The molecule has 0 aliphatic heterocycles. The minimum Gasteiger partial charge on any atom is -0.450 e. The SMILES string of the molecule is CCOC(=O)Nc1ccc(NC(C)=O)cc1[N+](=O)[O-]. The molecular weight excluding hydrogens is 254 g/mol. The molecule has 0 radical (unpaired) electrons. The van der Waals surface area contributed by atoms with Gasteiger partial charge in [-0.05, 0) is 19.1 Å². The number of hydrogen-bond acceptors (Lipinski definition) is 5. The molecule has 0 bridgehead atoms. The molecule has 0 aromatic heterocycles. The number of carbonyl (C=O) groups excluding carboxylic acids is 2. The van der Waals surface area contributed by atoms with E-state index in [1.165, 1.54) is 19.1 Å². The molecule has 0 saturated carbocycles. The van der Waals surface area contributed by atoms with Crippen molar-refractivity contribution in [2.45, 2.75) is 13.8 Å². The smallest absolute Gasteiger partial charge is 0.411 e. The second kappa shape index (κ2) is 6.34. The molecule has 0 spiro atoms. The van der Waals surface area contributed by atoms with Gasteiger partial charge in [-0.25, -0.2) is 4.79 Å². The molecule has 0 aliphatic rings. The number of ether oxygens (including phenoxy) is 1. The summed E-state index contributed by atoms with van der Waals surface area (Å²) >= 11 is 0. The van der Waals surface area contributed by atoms with Crippen LogP contribution in [0, 0.1) is 10.1 Å². The first-order valence-corrected chi connectivity index (χ1v) is 5.43. The fraction of sp³-hybridized carbons (Fsp3) is 0.273. The topological polar surface area (TPSA) is 111 Å². The van der Waals surface area contributed by atoms with Crippen molar-refractivity contribution in [1.82, 2.24) is 0 Å². The van der Waals surface area contributed by atoms with Gasteiger partial charge >= 0.3 is 6.09 Å². The molecule has 1 rings (SSSR count). The first kappa shape index (κ1) is 14.4. The number of benzene rings is 1. The molecule has 102 valence electrons. The van der Waals surface area contributed by atoms with Gasteiger partial charge in [0, 0.05) is 18.7 Å². The van der Waals surface area contributed by atoms with Gasteiger partial charge in [0.1, 0.15) is 5.69 Å². The maximum absolute atomic E-state index is 11.2. The van der Waals surface area contributed by atoms with Crippen LogP contribution in [0.2, 0.25) is 0 Å². The molecule has 8 heteroatoms. The third kappa shape index (κ3) is 4.26. The molecule has 0 fully saturated rings. The van der Waals surface area contributed by atoms with Crippen molar-refractivity contribution >= 4 is 29.1 Å². The molecule has 19 heavy (non-hydrogen) atoms. The summed E-state index contributed by atoms with van der Waals surface area (Å²) in [5, 5.41) is 15.6. The lowest BCUT2D eigenvalue weighted by atomic mass is 10.2. The van der Waals surface area contributed by atoms with Gasteiger partial charge < -0.3 is 10.1 Å². The van der Waals surface area contributed by atoms with E-state index < -0.39 is 11.0 Å². The number of nitro benzene ring substituents is 1. The highest BCUT2D eigenvalue weighted by molar-refractivity contribution is 5.92. The van der Waals surface area contributed by atoms with Crippen molar-refractivity contribution in [2.24, 2.45) is 0 Å². The third-order valence-corrected chi connectivity index (χ3v) is 2.03. The minimum atomic E-state index is -0.780. The van der Waals surface area contributed by atoms with Gasteiger partial charge in [-0.2, -0.15) is 0 Å². The lowest BCUT2D eigenvalue weighted by molar-refractivity contribution is -0.383. The summed E-state index contributed by atoms with van der Waals surface area (Å²) in [6, 6.07) is 3.92. The Balaban J connectivity index is 3.01. The molecule has 2 N–H and O–H groups in total.